The van der Waals surface area contributed by atoms with Crippen molar-refractivity contribution in [3.05, 3.63) is 52.6 Å². The molecule has 5 heteroatoms. The van der Waals surface area contributed by atoms with Crippen LogP contribution >= 0.6 is 0 Å². The number of carbonyl (C=O) groups excluding carboxylic acids is 1. The highest BCUT2D eigenvalue weighted by Gasteiger charge is 2.14. The average molecular weight is 299 g/mol. The van der Waals surface area contributed by atoms with Gasteiger partial charge in [-0.3, -0.25) is 4.79 Å². The van der Waals surface area contributed by atoms with Gasteiger partial charge in [0.25, 0.3) is 0 Å². The van der Waals surface area contributed by atoms with E-state index in [9.17, 15) is 4.79 Å². The molecule has 0 radical (unpaired) electrons. The minimum absolute atomic E-state index is 0.175. The van der Waals surface area contributed by atoms with Crippen LogP contribution in [0, 0.1) is 20.8 Å². The third kappa shape index (κ3) is 2.74. The molecule has 0 aliphatic carbocycles. The van der Waals surface area contributed by atoms with E-state index in [1.165, 1.54) is 0 Å². The molecule has 0 fully saturated rings. The van der Waals surface area contributed by atoms with Crippen LogP contribution in [0.4, 0.5) is 0 Å². The number of hydrogen-bond acceptors (Lipinski definition) is 5. The lowest BCUT2D eigenvalue weighted by Gasteiger charge is -2.03. The van der Waals surface area contributed by atoms with E-state index in [2.05, 4.69) is 5.16 Å². The number of esters is 1. The molecule has 0 bridgehead atoms. The number of aryl methyl sites for hydroxylation is 3. The fourth-order valence-corrected chi connectivity index (χ4v) is 2.39. The van der Waals surface area contributed by atoms with Crippen LogP contribution in [0.15, 0.2) is 33.4 Å². The third-order valence-electron chi connectivity index (χ3n) is 3.70. The normalized spacial score (nSPS) is 11.0. The highest BCUT2D eigenvalue weighted by molar-refractivity contribution is 5.86. The Kier molecular flexibility index (Phi) is 3.71. The number of benzene rings is 1. The van der Waals surface area contributed by atoms with Gasteiger partial charge in [0.1, 0.15) is 18.0 Å². The molecule has 114 valence electrons. The van der Waals surface area contributed by atoms with E-state index in [0.29, 0.717) is 5.76 Å². The number of furan rings is 1. The molecule has 2 heterocycles. The van der Waals surface area contributed by atoms with E-state index in [1.807, 2.05) is 32.0 Å². The van der Waals surface area contributed by atoms with Gasteiger partial charge in [0.15, 0.2) is 0 Å². The second-order valence-electron chi connectivity index (χ2n) is 5.40. The number of carbonyl (C=O) groups is 1. The zero-order valence-corrected chi connectivity index (χ0v) is 12.8. The Hall–Kier alpha value is -2.56. The van der Waals surface area contributed by atoms with E-state index < -0.39 is 0 Å². The Morgan fingerprint density at radius 1 is 1.27 bits per heavy atom. The predicted octanol–water partition coefficient (Wildman–Crippen LogP) is 3.63. The van der Waals surface area contributed by atoms with Crippen LogP contribution in [-0.4, -0.2) is 11.1 Å². The van der Waals surface area contributed by atoms with Crippen molar-refractivity contribution in [2.75, 3.05) is 0 Å². The summed E-state index contributed by atoms with van der Waals surface area (Å²) in [4.78, 5) is 12.0. The highest BCUT2D eigenvalue weighted by Crippen LogP contribution is 2.23. The van der Waals surface area contributed by atoms with Crippen molar-refractivity contribution >= 4 is 16.9 Å². The van der Waals surface area contributed by atoms with Crippen molar-refractivity contribution < 1.29 is 18.5 Å². The first kappa shape index (κ1) is 14.4. The molecule has 0 aliphatic rings. The maximum absolute atomic E-state index is 12.0. The monoisotopic (exact) mass is 299 g/mol. The fourth-order valence-electron chi connectivity index (χ4n) is 2.39. The second kappa shape index (κ2) is 5.67. The van der Waals surface area contributed by atoms with Gasteiger partial charge in [0.2, 0.25) is 0 Å². The Morgan fingerprint density at radius 2 is 2.09 bits per heavy atom. The molecule has 0 N–H and O–H groups in total. The molecule has 3 aromatic rings. The highest BCUT2D eigenvalue weighted by atomic mass is 16.5. The first-order chi connectivity index (χ1) is 10.5. The first-order valence-electron chi connectivity index (χ1n) is 7.08. The minimum atomic E-state index is -0.303. The summed E-state index contributed by atoms with van der Waals surface area (Å²) < 4.78 is 15.8. The van der Waals surface area contributed by atoms with E-state index in [1.54, 1.807) is 13.2 Å². The number of fused-ring (bicyclic) bond motifs is 1. The van der Waals surface area contributed by atoms with Crippen LogP contribution in [0.25, 0.3) is 11.0 Å². The van der Waals surface area contributed by atoms with Crippen molar-refractivity contribution in [2.45, 2.75) is 33.8 Å². The van der Waals surface area contributed by atoms with Crippen LogP contribution in [0.5, 0.6) is 0 Å². The standard InChI is InChI=1S/C17H17NO4/c1-10-4-5-14-13(8-20-16(14)6-10)7-17(19)21-9-15-11(2)18-22-12(15)3/h4-6,8H,7,9H2,1-3H3. The average Bonchev–Trinajstić information content (AvgIpc) is 3.01. The Bertz CT molecular complexity index is 809. The largest absolute Gasteiger partial charge is 0.464 e. The molecule has 0 aliphatic heterocycles. The zero-order valence-electron chi connectivity index (χ0n) is 12.8. The summed E-state index contributed by atoms with van der Waals surface area (Å²) in [6.07, 6.45) is 1.79. The maximum atomic E-state index is 12.0. The molecular weight excluding hydrogens is 282 g/mol. The van der Waals surface area contributed by atoms with Gasteiger partial charge in [-0.15, -0.1) is 0 Å². The van der Waals surface area contributed by atoms with Gasteiger partial charge >= 0.3 is 5.97 Å². The Balaban J connectivity index is 1.68. The topological polar surface area (TPSA) is 65.5 Å². The van der Waals surface area contributed by atoms with Crippen LogP contribution < -0.4 is 0 Å². The smallest absolute Gasteiger partial charge is 0.310 e. The van der Waals surface area contributed by atoms with Crippen LogP contribution in [0.3, 0.4) is 0 Å². The SMILES string of the molecule is Cc1ccc2c(CC(=O)OCc3c(C)noc3C)coc2c1. The molecule has 0 atom stereocenters. The summed E-state index contributed by atoms with van der Waals surface area (Å²) >= 11 is 0. The van der Waals surface area contributed by atoms with Crippen molar-refractivity contribution in [3.63, 3.8) is 0 Å². The molecule has 0 saturated heterocycles. The van der Waals surface area contributed by atoms with Gasteiger partial charge in [0.05, 0.1) is 23.9 Å². The predicted molar refractivity (Wildman–Crippen MR) is 80.4 cm³/mol. The minimum Gasteiger partial charge on any atom is -0.464 e. The van der Waals surface area contributed by atoms with E-state index >= 15 is 0 Å². The Morgan fingerprint density at radius 3 is 2.82 bits per heavy atom. The van der Waals surface area contributed by atoms with E-state index in [0.717, 1.165) is 33.4 Å². The van der Waals surface area contributed by atoms with Crippen LogP contribution in [0.1, 0.15) is 28.1 Å². The molecule has 3 rings (SSSR count). The van der Waals surface area contributed by atoms with Crippen LogP contribution in [-0.2, 0) is 22.6 Å². The van der Waals surface area contributed by atoms with Crippen LogP contribution in [0.2, 0.25) is 0 Å². The molecule has 0 unspecified atom stereocenters. The molecule has 1 aromatic carbocycles. The van der Waals surface area contributed by atoms with E-state index in [4.69, 9.17) is 13.7 Å². The van der Waals surface area contributed by atoms with Gasteiger partial charge in [-0.25, -0.2) is 0 Å². The summed E-state index contributed by atoms with van der Waals surface area (Å²) in [6, 6.07) is 5.91. The maximum Gasteiger partial charge on any atom is 0.310 e. The molecule has 22 heavy (non-hydrogen) atoms. The van der Waals surface area contributed by atoms with Crippen molar-refractivity contribution in [3.8, 4) is 0 Å². The summed E-state index contributed by atoms with van der Waals surface area (Å²) in [7, 11) is 0. The molecule has 2 aromatic heterocycles. The van der Waals surface area contributed by atoms with Gasteiger partial charge in [-0.05, 0) is 32.4 Å². The summed E-state index contributed by atoms with van der Waals surface area (Å²) in [5.41, 5.74) is 4.30. The molecule has 0 amide bonds. The van der Waals surface area contributed by atoms with Crippen molar-refractivity contribution in [2.24, 2.45) is 0 Å². The van der Waals surface area contributed by atoms with Gasteiger partial charge in [0, 0.05) is 10.9 Å². The summed E-state index contributed by atoms with van der Waals surface area (Å²) in [5.74, 6) is 0.373. The number of hydrogen-bond donors (Lipinski definition) is 0. The lowest BCUT2D eigenvalue weighted by molar-refractivity contribution is -0.144. The quantitative estimate of drug-likeness (QED) is 0.688. The lowest BCUT2D eigenvalue weighted by Crippen LogP contribution is -2.08. The summed E-state index contributed by atoms with van der Waals surface area (Å²) in [5, 5.41) is 4.78. The number of aromatic nitrogens is 1. The second-order valence-corrected chi connectivity index (χ2v) is 5.40. The van der Waals surface area contributed by atoms with Gasteiger partial charge in [-0.1, -0.05) is 17.3 Å². The third-order valence-corrected chi connectivity index (χ3v) is 3.70. The van der Waals surface area contributed by atoms with Gasteiger partial charge in [-0.2, -0.15) is 0 Å². The molecule has 0 spiro atoms. The number of rotatable bonds is 4. The molecule has 5 nitrogen and oxygen atoms in total. The zero-order chi connectivity index (χ0) is 15.7. The van der Waals surface area contributed by atoms with Crippen molar-refractivity contribution in [1.82, 2.24) is 5.16 Å². The van der Waals surface area contributed by atoms with Gasteiger partial charge < -0.3 is 13.7 Å². The first-order valence-corrected chi connectivity index (χ1v) is 7.08. The summed E-state index contributed by atoms with van der Waals surface area (Å²) in [6.45, 7) is 5.80. The number of ether oxygens (including phenoxy) is 1. The Labute approximate surface area is 127 Å². The molecule has 0 saturated carbocycles. The van der Waals surface area contributed by atoms with E-state index in [-0.39, 0.29) is 19.0 Å². The van der Waals surface area contributed by atoms with Crippen molar-refractivity contribution in [1.29, 1.82) is 0 Å². The fraction of sp³-hybridized carbons (Fsp3) is 0.294. The molecular formula is C17H17NO4. The lowest BCUT2D eigenvalue weighted by atomic mass is 10.1. The number of nitrogens with zero attached hydrogens (tertiary/aromatic N) is 1.